The zero-order valence-electron chi connectivity index (χ0n) is 10.2. The summed E-state index contributed by atoms with van der Waals surface area (Å²) in [5.41, 5.74) is 1.24. The zero-order valence-corrected chi connectivity index (χ0v) is 10.2. The van der Waals surface area contributed by atoms with E-state index in [-0.39, 0.29) is 12.1 Å². The van der Waals surface area contributed by atoms with Crippen molar-refractivity contribution < 1.29 is 4.79 Å². The van der Waals surface area contributed by atoms with Crippen LogP contribution in [0.25, 0.3) is 0 Å². The third-order valence-electron chi connectivity index (χ3n) is 2.58. The average Bonchev–Trinajstić information content (AvgIpc) is 2.29. The van der Waals surface area contributed by atoms with E-state index in [0.29, 0.717) is 0 Å². The smallest absolute Gasteiger partial charge is 0.317 e. The molecular weight excluding hydrogens is 200 g/mol. The summed E-state index contributed by atoms with van der Waals surface area (Å²) in [6.07, 6.45) is 0.865. The van der Waals surface area contributed by atoms with E-state index in [9.17, 15) is 4.79 Å². The molecule has 0 saturated carbocycles. The van der Waals surface area contributed by atoms with Crippen molar-refractivity contribution in [3.8, 4) is 0 Å². The maximum Gasteiger partial charge on any atom is 0.317 e. The number of hydrogen-bond acceptors (Lipinski definition) is 1. The summed E-state index contributed by atoms with van der Waals surface area (Å²) in [6, 6.07) is 10.3. The van der Waals surface area contributed by atoms with Crippen LogP contribution >= 0.6 is 0 Å². The summed E-state index contributed by atoms with van der Waals surface area (Å²) in [6.45, 7) is 4.71. The Bertz CT molecular complexity index is 324. The molecule has 2 amide bonds. The van der Waals surface area contributed by atoms with Crippen LogP contribution in [0.4, 0.5) is 4.79 Å². The van der Waals surface area contributed by atoms with Gasteiger partial charge in [-0.1, -0.05) is 30.3 Å². The first kappa shape index (κ1) is 12.6. The van der Waals surface area contributed by atoms with Crippen molar-refractivity contribution >= 4 is 6.03 Å². The molecule has 16 heavy (non-hydrogen) atoms. The van der Waals surface area contributed by atoms with Gasteiger partial charge in [-0.2, -0.15) is 0 Å². The number of amides is 2. The molecule has 1 unspecified atom stereocenters. The van der Waals surface area contributed by atoms with Crippen molar-refractivity contribution in [3.05, 3.63) is 35.9 Å². The summed E-state index contributed by atoms with van der Waals surface area (Å²) in [7, 11) is 1.80. The lowest BCUT2D eigenvalue weighted by molar-refractivity contribution is 0.207. The SMILES string of the molecule is CCN(C)C(=O)NC(C)Cc1ccccc1. The fraction of sp³-hybridized carbons (Fsp3) is 0.462. The highest BCUT2D eigenvalue weighted by Gasteiger charge is 2.10. The quantitative estimate of drug-likeness (QED) is 0.829. The van der Waals surface area contributed by atoms with Gasteiger partial charge in [0.2, 0.25) is 0 Å². The lowest BCUT2D eigenvalue weighted by Gasteiger charge is -2.20. The summed E-state index contributed by atoms with van der Waals surface area (Å²) >= 11 is 0. The number of carbonyl (C=O) groups excluding carboxylic acids is 1. The molecule has 0 bridgehead atoms. The minimum absolute atomic E-state index is 0.00840. The molecule has 0 aliphatic carbocycles. The monoisotopic (exact) mass is 220 g/mol. The van der Waals surface area contributed by atoms with Crippen LogP contribution < -0.4 is 5.32 Å². The largest absolute Gasteiger partial charge is 0.335 e. The minimum atomic E-state index is -0.00840. The lowest BCUT2D eigenvalue weighted by atomic mass is 10.1. The van der Waals surface area contributed by atoms with Gasteiger partial charge in [-0.05, 0) is 25.8 Å². The van der Waals surface area contributed by atoms with Crippen LogP contribution in [-0.2, 0) is 6.42 Å². The van der Waals surface area contributed by atoms with Gasteiger partial charge < -0.3 is 10.2 Å². The van der Waals surface area contributed by atoms with Gasteiger partial charge in [0, 0.05) is 19.6 Å². The first-order valence-corrected chi connectivity index (χ1v) is 5.69. The Hall–Kier alpha value is -1.51. The van der Waals surface area contributed by atoms with Gasteiger partial charge in [-0.15, -0.1) is 0 Å². The molecule has 1 aromatic carbocycles. The molecule has 0 aliphatic heterocycles. The van der Waals surface area contributed by atoms with Crippen LogP contribution in [0.5, 0.6) is 0 Å². The third-order valence-corrected chi connectivity index (χ3v) is 2.58. The maximum atomic E-state index is 11.6. The normalized spacial score (nSPS) is 11.9. The average molecular weight is 220 g/mol. The van der Waals surface area contributed by atoms with E-state index in [4.69, 9.17) is 0 Å². The lowest BCUT2D eigenvalue weighted by Crippen LogP contribution is -2.42. The molecule has 3 heteroatoms. The van der Waals surface area contributed by atoms with E-state index in [1.54, 1.807) is 11.9 Å². The van der Waals surface area contributed by atoms with Gasteiger partial charge >= 0.3 is 6.03 Å². The van der Waals surface area contributed by atoms with E-state index < -0.39 is 0 Å². The highest BCUT2D eigenvalue weighted by Crippen LogP contribution is 2.02. The first-order valence-electron chi connectivity index (χ1n) is 5.69. The highest BCUT2D eigenvalue weighted by atomic mass is 16.2. The topological polar surface area (TPSA) is 32.3 Å². The van der Waals surface area contributed by atoms with Gasteiger partial charge in [-0.3, -0.25) is 0 Å². The van der Waals surface area contributed by atoms with Crippen LogP contribution in [0.3, 0.4) is 0 Å². The Balaban J connectivity index is 2.42. The molecule has 0 saturated heterocycles. The molecule has 88 valence electrons. The molecule has 0 aromatic heterocycles. The van der Waals surface area contributed by atoms with Crippen molar-refractivity contribution in [2.75, 3.05) is 13.6 Å². The molecule has 1 rings (SSSR count). The zero-order chi connectivity index (χ0) is 12.0. The van der Waals surface area contributed by atoms with Crippen molar-refractivity contribution in [2.24, 2.45) is 0 Å². The number of carbonyl (C=O) groups is 1. The number of hydrogen-bond donors (Lipinski definition) is 1. The van der Waals surface area contributed by atoms with Gasteiger partial charge in [0.05, 0.1) is 0 Å². The molecule has 1 aromatic rings. The van der Waals surface area contributed by atoms with Crippen LogP contribution in [0.1, 0.15) is 19.4 Å². The summed E-state index contributed by atoms with van der Waals surface area (Å²) < 4.78 is 0. The van der Waals surface area contributed by atoms with E-state index in [1.807, 2.05) is 32.0 Å². The van der Waals surface area contributed by atoms with Crippen LogP contribution in [0.2, 0.25) is 0 Å². The van der Waals surface area contributed by atoms with Crippen molar-refractivity contribution in [1.29, 1.82) is 0 Å². The predicted octanol–water partition coefficient (Wildman–Crippen LogP) is 2.28. The number of rotatable bonds is 4. The Morgan fingerprint density at radius 3 is 2.56 bits per heavy atom. The molecule has 1 atom stereocenters. The Labute approximate surface area is 97.5 Å². The van der Waals surface area contributed by atoms with Crippen LogP contribution in [0.15, 0.2) is 30.3 Å². The molecular formula is C13H20N2O. The number of nitrogens with zero attached hydrogens (tertiary/aromatic N) is 1. The van der Waals surface area contributed by atoms with Gasteiger partial charge in [0.25, 0.3) is 0 Å². The maximum absolute atomic E-state index is 11.6. The molecule has 0 spiro atoms. The first-order chi connectivity index (χ1) is 7.63. The van der Waals surface area contributed by atoms with Crippen molar-refractivity contribution in [2.45, 2.75) is 26.3 Å². The van der Waals surface area contributed by atoms with Gasteiger partial charge in [0.1, 0.15) is 0 Å². The van der Waals surface area contributed by atoms with Gasteiger partial charge in [0.15, 0.2) is 0 Å². The summed E-state index contributed by atoms with van der Waals surface area (Å²) in [4.78, 5) is 13.3. The fourth-order valence-corrected chi connectivity index (χ4v) is 1.48. The second-order valence-electron chi connectivity index (χ2n) is 4.05. The van der Waals surface area contributed by atoms with E-state index >= 15 is 0 Å². The molecule has 0 radical (unpaired) electrons. The summed E-state index contributed by atoms with van der Waals surface area (Å²) in [5.74, 6) is 0. The Kier molecular flexibility index (Phi) is 4.83. The van der Waals surface area contributed by atoms with Gasteiger partial charge in [-0.25, -0.2) is 4.79 Å². The van der Waals surface area contributed by atoms with Crippen molar-refractivity contribution in [3.63, 3.8) is 0 Å². The Morgan fingerprint density at radius 1 is 1.38 bits per heavy atom. The molecule has 0 fully saturated rings. The van der Waals surface area contributed by atoms with Crippen molar-refractivity contribution in [1.82, 2.24) is 10.2 Å². The van der Waals surface area contributed by atoms with E-state index in [1.165, 1.54) is 5.56 Å². The molecule has 0 aliphatic rings. The Morgan fingerprint density at radius 2 is 2.00 bits per heavy atom. The number of benzene rings is 1. The third kappa shape index (κ3) is 3.93. The standard InChI is InChI=1S/C13H20N2O/c1-4-15(3)13(16)14-11(2)10-12-8-6-5-7-9-12/h5-9,11H,4,10H2,1-3H3,(H,14,16). The van der Waals surface area contributed by atoms with Crippen LogP contribution in [0, 0.1) is 0 Å². The number of nitrogens with one attached hydrogen (secondary N) is 1. The fourth-order valence-electron chi connectivity index (χ4n) is 1.48. The highest BCUT2D eigenvalue weighted by molar-refractivity contribution is 5.74. The predicted molar refractivity (Wildman–Crippen MR) is 66.4 cm³/mol. The minimum Gasteiger partial charge on any atom is -0.335 e. The summed E-state index contributed by atoms with van der Waals surface area (Å²) in [5, 5.41) is 2.97. The van der Waals surface area contributed by atoms with E-state index in [0.717, 1.165) is 13.0 Å². The van der Waals surface area contributed by atoms with E-state index in [2.05, 4.69) is 17.4 Å². The molecule has 0 heterocycles. The van der Waals surface area contributed by atoms with Crippen LogP contribution in [-0.4, -0.2) is 30.6 Å². The number of urea groups is 1. The molecule has 1 N–H and O–H groups in total. The second-order valence-corrected chi connectivity index (χ2v) is 4.05. The molecule has 3 nitrogen and oxygen atoms in total. The second kappa shape index (κ2) is 6.16.